The van der Waals surface area contributed by atoms with E-state index in [0.29, 0.717) is 23.1 Å². The van der Waals surface area contributed by atoms with Crippen LogP contribution in [0.4, 0.5) is 11.5 Å². The Labute approximate surface area is 184 Å². The highest BCUT2D eigenvalue weighted by molar-refractivity contribution is 6.11. The van der Waals surface area contributed by atoms with Crippen molar-refractivity contribution in [2.45, 2.75) is 51.2 Å². The van der Waals surface area contributed by atoms with Gasteiger partial charge < -0.3 is 15.4 Å². The first kappa shape index (κ1) is 20.2. The maximum absolute atomic E-state index is 6.54. The highest BCUT2D eigenvalue weighted by Gasteiger charge is 2.40. The van der Waals surface area contributed by atoms with Gasteiger partial charge in [-0.3, -0.25) is 10.3 Å². The van der Waals surface area contributed by atoms with Crippen LogP contribution in [0.15, 0.2) is 30.6 Å². The van der Waals surface area contributed by atoms with Gasteiger partial charge in [-0.2, -0.15) is 0 Å². The summed E-state index contributed by atoms with van der Waals surface area (Å²) in [5.41, 5.74) is 8.82. The Hall–Kier alpha value is -2.67. The first-order valence-electron chi connectivity index (χ1n) is 11.4. The number of anilines is 2. The standard InChI is InChI=1S/C24H32N6O/c1-16-13-30(10-9-29(16)14-17-3-4-17)22-12-21(27-15-28-22)23(26)19-11-18(5-6-20(19)25)31-24(2)7-8-24/h5-6,11-12,15-17,26H,3-4,7-10,13-14,25H2,1-2H3/p+1/t16-/m1/s1. The van der Waals surface area contributed by atoms with Crippen molar-refractivity contribution in [2.24, 2.45) is 5.92 Å². The predicted octanol–water partition coefficient (Wildman–Crippen LogP) is 1.51. The van der Waals surface area contributed by atoms with Gasteiger partial charge in [-0.1, -0.05) is 0 Å². The molecule has 7 heteroatoms. The third-order valence-electron chi connectivity index (χ3n) is 6.84. The van der Waals surface area contributed by atoms with Gasteiger partial charge in [-0.25, -0.2) is 9.97 Å². The smallest absolute Gasteiger partial charge is 0.232 e. The van der Waals surface area contributed by atoms with E-state index in [0.717, 1.165) is 55.5 Å². The normalized spacial score (nSPS) is 22.9. The Kier molecular flexibility index (Phi) is 5.08. The average Bonchev–Trinajstić information content (AvgIpc) is 3.70. The molecule has 164 valence electrons. The zero-order chi connectivity index (χ0) is 21.6. The van der Waals surface area contributed by atoms with Crippen molar-refractivity contribution < 1.29 is 10.1 Å². The van der Waals surface area contributed by atoms with Crippen LogP contribution in [0.2, 0.25) is 0 Å². The molecule has 2 aromatic rings. The van der Waals surface area contributed by atoms with E-state index < -0.39 is 0 Å². The van der Waals surface area contributed by atoms with E-state index in [9.17, 15) is 0 Å². The van der Waals surface area contributed by atoms with E-state index in [4.69, 9.17) is 15.9 Å². The van der Waals surface area contributed by atoms with Gasteiger partial charge in [-0.05, 0) is 63.6 Å². The number of nitrogens with zero attached hydrogens (tertiary/aromatic N) is 4. The van der Waals surface area contributed by atoms with Gasteiger partial charge in [0, 0.05) is 44.0 Å². The van der Waals surface area contributed by atoms with E-state index in [-0.39, 0.29) is 5.60 Å². The average molecular weight is 422 g/mol. The zero-order valence-electron chi connectivity index (χ0n) is 18.6. The van der Waals surface area contributed by atoms with Crippen molar-refractivity contribution >= 4 is 17.2 Å². The molecule has 31 heavy (non-hydrogen) atoms. The lowest BCUT2D eigenvalue weighted by Crippen LogP contribution is -2.52. The number of benzene rings is 1. The molecule has 0 radical (unpaired) electrons. The van der Waals surface area contributed by atoms with Gasteiger partial charge in [0.2, 0.25) is 5.71 Å². The van der Waals surface area contributed by atoms with Crippen molar-refractivity contribution in [1.29, 1.82) is 0 Å². The molecule has 1 atom stereocenters. The van der Waals surface area contributed by atoms with Crippen LogP contribution in [0.1, 0.15) is 50.8 Å². The van der Waals surface area contributed by atoms with E-state index in [2.05, 4.69) is 33.6 Å². The van der Waals surface area contributed by atoms with Crippen LogP contribution < -0.4 is 20.8 Å². The minimum absolute atomic E-state index is 0.0530. The monoisotopic (exact) mass is 421 g/mol. The van der Waals surface area contributed by atoms with E-state index in [1.54, 1.807) is 6.33 Å². The Morgan fingerprint density at radius 3 is 2.74 bits per heavy atom. The number of piperazine rings is 1. The predicted molar refractivity (Wildman–Crippen MR) is 122 cm³/mol. The van der Waals surface area contributed by atoms with Crippen molar-refractivity contribution in [2.75, 3.05) is 36.8 Å². The van der Waals surface area contributed by atoms with E-state index in [1.807, 2.05) is 24.3 Å². The number of hydrogen-bond donors (Lipinski definition) is 2. The SMILES string of the molecule is C[C@@H]1CN(c2cc(C(=[NH2+])c3cc(OC4(C)CC4)ccc3N)ncn2)CCN1CC1CC1. The molecule has 1 aliphatic heterocycles. The largest absolute Gasteiger partial charge is 0.488 e. The molecule has 5 rings (SSSR count). The molecule has 2 saturated carbocycles. The molecule has 0 amide bonds. The Bertz CT molecular complexity index is 984. The highest BCUT2D eigenvalue weighted by atomic mass is 16.5. The molecule has 0 spiro atoms. The number of hydrogen-bond acceptors (Lipinski definition) is 6. The fourth-order valence-corrected chi connectivity index (χ4v) is 4.31. The van der Waals surface area contributed by atoms with Crippen LogP contribution in [0.25, 0.3) is 0 Å². The van der Waals surface area contributed by atoms with Crippen LogP contribution >= 0.6 is 0 Å². The highest BCUT2D eigenvalue weighted by Crippen LogP contribution is 2.40. The Morgan fingerprint density at radius 2 is 2.03 bits per heavy atom. The van der Waals surface area contributed by atoms with Gasteiger partial charge in [0.05, 0.1) is 5.56 Å². The van der Waals surface area contributed by atoms with Crippen molar-refractivity contribution in [3.8, 4) is 5.75 Å². The summed E-state index contributed by atoms with van der Waals surface area (Å²) in [6.45, 7) is 8.68. The summed E-state index contributed by atoms with van der Waals surface area (Å²) in [6.07, 6.45) is 6.54. The lowest BCUT2D eigenvalue weighted by molar-refractivity contribution is -0.111. The first-order valence-corrected chi connectivity index (χ1v) is 11.4. The lowest BCUT2D eigenvalue weighted by atomic mass is 10.0. The topological polar surface area (TPSA) is 93.1 Å². The van der Waals surface area contributed by atoms with Crippen LogP contribution in [0.5, 0.6) is 5.75 Å². The molecule has 7 nitrogen and oxygen atoms in total. The molecule has 2 aliphatic carbocycles. The number of rotatable bonds is 7. The molecule has 2 heterocycles. The van der Waals surface area contributed by atoms with Crippen molar-refractivity contribution in [3.63, 3.8) is 0 Å². The number of aromatic nitrogens is 2. The summed E-state index contributed by atoms with van der Waals surface area (Å²) in [5.74, 6) is 2.63. The van der Waals surface area contributed by atoms with Gasteiger partial charge in [0.15, 0.2) is 0 Å². The minimum Gasteiger partial charge on any atom is -0.488 e. The van der Waals surface area contributed by atoms with E-state index >= 15 is 0 Å². The summed E-state index contributed by atoms with van der Waals surface area (Å²) in [4.78, 5) is 13.9. The molecule has 3 fully saturated rings. The molecule has 1 aromatic heterocycles. The van der Waals surface area contributed by atoms with Gasteiger partial charge in [0.25, 0.3) is 0 Å². The summed E-state index contributed by atoms with van der Waals surface area (Å²) in [7, 11) is 0. The summed E-state index contributed by atoms with van der Waals surface area (Å²) >= 11 is 0. The van der Waals surface area contributed by atoms with Crippen LogP contribution in [0, 0.1) is 5.92 Å². The molecule has 1 aromatic carbocycles. The fraction of sp³-hybridized carbons (Fsp3) is 0.542. The molecular formula is C24H33N6O+. The minimum atomic E-state index is -0.0530. The van der Waals surface area contributed by atoms with Gasteiger partial charge in [0.1, 0.15) is 29.2 Å². The fourth-order valence-electron chi connectivity index (χ4n) is 4.31. The summed E-state index contributed by atoms with van der Waals surface area (Å²) in [5, 5.41) is 6.54. The molecule has 0 bridgehead atoms. The molecular weight excluding hydrogens is 388 g/mol. The maximum atomic E-state index is 6.54. The molecule has 1 saturated heterocycles. The second-order valence-corrected chi connectivity index (χ2v) is 9.71. The molecule has 0 unspecified atom stereocenters. The number of nitrogen functional groups attached to an aromatic ring is 1. The summed E-state index contributed by atoms with van der Waals surface area (Å²) in [6, 6.07) is 8.18. The van der Waals surface area contributed by atoms with Crippen LogP contribution in [-0.4, -0.2) is 58.4 Å². The second-order valence-electron chi connectivity index (χ2n) is 9.71. The Balaban J connectivity index is 1.32. The van der Waals surface area contributed by atoms with Crippen molar-refractivity contribution in [3.05, 3.63) is 41.9 Å². The number of nitrogens with two attached hydrogens (primary N) is 2. The first-order chi connectivity index (χ1) is 14.9. The van der Waals surface area contributed by atoms with Crippen LogP contribution in [0.3, 0.4) is 0 Å². The van der Waals surface area contributed by atoms with E-state index in [1.165, 1.54) is 19.4 Å². The second kappa shape index (κ2) is 7.79. The van der Waals surface area contributed by atoms with Gasteiger partial charge >= 0.3 is 0 Å². The third-order valence-corrected chi connectivity index (χ3v) is 6.84. The molecule has 3 aliphatic rings. The van der Waals surface area contributed by atoms with Gasteiger partial charge in [-0.15, -0.1) is 0 Å². The lowest BCUT2D eigenvalue weighted by Gasteiger charge is -2.40. The third kappa shape index (κ3) is 4.51. The molecule has 4 N–H and O–H groups in total. The zero-order valence-corrected chi connectivity index (χ0v) is 18.6. The van der Waals surface area contributed by atoms with Crippen LogP contribution in [-0.2, 0) is 0 Å². The van der Waals surface area contributed by atoms with Crippen molar-refractivity contribution in [1.82, 2.24) is 14.9 Å². The number of ether oxygens (including phenoxy) is 1. The quantitative estimate of drug-likeness (QED) is 0.520. The summed E-state index contributed by atoms with van der Waals surface area (Å²) < 4.78 is 6.10. The maximum Gasteiger partial charge on any atom is 0.232 e. The Morgan fingerprint density at radius 1 is 1.23 bits per heavy atom.